The predicted octanol–water partition coefficient (Wildman–Crippen LogP) is 5.01. The second-order valence-corrected chi connectivity index (χ2v) is 8.66. The van der Waals surface area contributed by atoms with Gasteiger partial charge < -0.3 is 9.47 Å². The molecule has 0 saturated carbocycles. The lowest BCUT2D eigenvalue weighted by Crippen LogP contribution is -2.57. The number of hydrogen-bond acceptors (Lipinski definition) is 6. The monoisotopic (exact) mass is 478 g/mol. The molecule has 4 rings (SSSR count). The van der Waals surface area contributed by atoms with Crippen LogP contribution in [0.1, 0.15) is 29.7 Å². The van der Waals surface area contributed by atoms with Crippen LogP contribution in [0.5, 0.6) is 0 Å². The number of halogens is 2. The third-order valence-electron chi connectivity index (χ3n) is 6.37. The molecule has 2 aliphatic heterocycles. The number of benzene rings is 2. The molecule has 2 aromatic rings. The van der Waals surface area contributed by atoms with Crippen molar-refractivity contribution in [3.05, 3.63) is 69.4 Å². The fourth-order valence-corrected chi connectivity index (χ4v) is 5.03. The van der Waals surface area contributed by atoms with E-state index in [1.807, 2.05) is 31.2 Å². The lowest BCUT2D eigenvalue weighted by atomic mass is 9.53. The van der Waals surface area contributed by atoms with E-state index in [-0.39, 0.29) is 4.47 Å². The van der Waals surface area contributed by atoms with Crippen molar-refractivity contribution in [3.63, 3.8) is 0 Å². The summed E-state index contributed by atoms with van der Waals surface area (Å²) in [6.45, 7) is 3.56. The average Bonchev–Trinajstić information content (AvgIpc) is 2.92. The van der Waals surface area contributed by atoms with Crippen molar-refractivity contribution in [2.45, 2.75) is 25.7 Å². The SMILES string of the molecule is Cc1ccc(C23OC(=N)C(C#N)(C2C)C(C#N)(C#N)C(c2ccc(F)c(Br)c2)O3)cc1. The molecule has 154 valence electrons. The molecule has 2 aliphatic rings. The van der Waals surface area contributed by atoms with Gasteiger partial charge in [0.25, 0.3) is 0 Å². The highest BCUT2D eigenvalue weighted by molar-refractivity contribution is 9.10. The topological polar surface area (TPSA) is 114 Å². The van der Waals surface area contributed by atoms with E-state index in [1.165, 1.54) is 18.2 Å². The molecule has 0 spiro atoms. The van der Waals surface area contributed by atoms with E-state index < -0.39 is 40.4 Å². The molecule has 4 atom stereocenters. The third kappa shape index (κ3) is 2.45. The number of nitrogens with one attached hydrogen (secondary N) is 1. The molecule has 2 heterocycles. The highest BCUT2D eigenvalue weighted by Crippen LogP contribution is 2.69. The number of nitriles is 3. The van der Waals surface area contributed by atoms with Crippen LogP contribution in [0.15, 0.2) is 46.9 Å². The largest absolute Gasteiger partial charge is 0.443 e. The van der Waals surface area contributed by atoms with Crippen LogP contribution in [-0.2, 0) is 15.3 Å². The van der Waals surface area contributed by atoms with Crippen molar-refractivity contribution < 1.29 is 13.9 Å². The first kappa shape index (κ1) is 21.0. The van der Waals surface area contributed by atoms with E-state index in [2.05, 4.69) is 22.0 Å². The van der Waals surface area contributed by atoms with Gasteiger partial charge in [-0.25, -0.2) is 4.39 Å². The summed E-state index contributed by atoms with van der Waals surface area (Å²) in [6.07, 6.45) is -1.28. The van der Waals surface area contributed by atoms with Crippen molar-refractivity contribution >= 4 is 21.8 Å². The van der Waals surface area contributed by atoms with Crippen LogP contribution in [0, 0.1) is 68.9 Å². The van der Waals surface area contributed by atoms with E-state index in [4.69, 9.17) is 14.9 Å². The maximum atomic E-state index is 13.9. The van der Waals surface area contributed by atoms with Crippen molar-refractivity contribution in [2.24, 2.45) is 16.7 Å². The van der Waals surface area contributed by atoms with Gasteiger partial charge >= 0.3 is 0 Å². The first-order valence-corrected chi connectivity index (χ1v) is 10.2. The minimum atomic E-state index is -2.10. The van der Waals surface area contributed by atoms with Crippen molar-refractivity contribution in [1.29, 1.82) is 21.2 Å². The van der Waals surface area contributed by atoms with Gasteiger partial charge in [-0.05, 0) is 40.5 Å². The van der Waals surface area contributed by atoms with Crippen LogP contribution in [0.3, 0.4) is 0 Å². The first-order valence-electron chi connectivity index (χ1n) is 9.44. The Kier molecular flexibility index (Phi) is 4.67. The molecule has 6 nitrogen and oxygen atoms in total. The van der Waals surface area contributed by atoms with Gasteiger partial charge in [0.15, 0.2) is 5.41 Å². The molecule has 0 radical (unpaired) electrons. The minimum Gasteiger partial charge on any atom is -0.443 e. The number of fused-ring (bicyclic) bond motifs is 2. The standard InChI is InChI=1S/C23H16BrFN4O2/c1-13-3-6-16(7-4-13)23-14(2)22(12-28,20(29)31-23)21(10-26,11-27)19(30-23)15-5-8-18(25)17(24)9-15/h3-9,14,19,29H,1-2H3. The number of hydrogen-bond donors (Lipinski definition) is 1. The summed E-state index contributed by atoms with van der Waals surface area (Å²) in [4.78, 5) is 0. The Morgan fingerprint density at radius 2 is 1.71 bits per heavy atom. The second-order valence-electron chi connectivity index (χ2n) is 7.81. The number of ether oxygens (including phenoxy) is 2. The summed E-state index contributed by atoms with van der Waals surface area (Å²) >= 11 is 3.13. The highest BCUT2D eigenvalue weighted by Gasteiger charge is 2.79. The van der Waals surface area contributed by atoms with E-state index in [0.29, 0.717) is 11.1 Å². The zero-order valence-corrected chi connectivity index (χ0v) is 18.2. The second kappa shape index (κ2) is 6.89. The lowest BCUT2D eigenvalue weighted by Gasteiger charge is -2.48. The Morgan fingerprint density at radius 1 is 1.06 bits per heavy atom. The Balaban J connectivity index is 2.04. The fourth-order valence-electron chi connectivity index (χ4n) is 4.63. The molecule has 2 fully saturated rings. The van der Waals surface area contributed by atoms with E-state index >= 15 is 0 Å². The van der Waals surface area contributed by atoms with Crippen molar-refractivity contribution in [1.82, 2.24) is 0 Å². The van der Waals surface area contributed by atoms with Gasteiger partial charge in [-0.3, -0.25) is 5.41 Å². The molecule has 4 unspecified atom stereocenters. The predicted molar refractivity (Wildman–Crippen MR) is 110 cm³/mol. The normalized spacial score (nSPS) is 30.5. The Morgan fingerprint density at radius 3 is 2.26 bits per heavy atom. The smallest absolute Gasteiger partial charge is 0.244 e. The van der Waals surface area contributed by atoms with Gasteiger partial charge in [0.2, 0.25) is 17.1 Å². The van der Waals surface area contributed by atoms with Gasteiger partial charge in [-0.15, -0.1) is 0 Å². The Hall–Kier alpha value is -3.25. The fraction of sp³-hybridized carbons (Fsp3) is 0.304. The van der Waals surface area contributed by atoms with Gasteiger partial charge in [0.1, 0.15) is 11.9 Å². The van der Waals surface area contributed by atoms with Crippen LogP contribution in [0.4, 0.5) is 4.39 Å². The molecular formula is C23H16BrFN4O2. The van der Waals surface area contributed by atoms with Gasteiger partial charge in [0.05, 0.1) is 28.6 Å². The van der Waals surface area contributed by atoms with E-state index in [9.17, 15) is 20.2 Å². The lowest BCUT2D eigenvalue weighted by molar-refractivity contribution is -0.288. The molecule has 0 amide bonds. The summed E-state index contributed by atoms with van der Waals surface area (Å²) in [6, 6.07) is 17.3. The third-order valence-corrected chi connectivity index (χ3v) is 6.98. The first-order chi connectivity index (χ1) is 14.7. The van der Waals surface area contributed by atoms with Crippen LogP contribution < -0.4 is 0 Å². The average molecular weight is 479 g/mol. The Labute approximate surface area is 187 Å². The molecular weight excluding hydrogens is 463 g/mol. The van der Waals surface area contributed by atoms with E-state index in [0.717, 1.165) is 5.56 Å². The Bertz CT molecular complexity index is 1210. The number of nitrogens with zero attached hydrogens (tertiary/aromatic N) is 3. The molecule has 2 aromatic carbocycles. The minimum absolute atomic E-state index is 0.121. The van der Waals surface area contributed by atoms with Gasteiger partial charge in [-0.1, -0.05) is 42.8 Å². The number of aryl methyl sites for hydroxylation is 1. The highest BCUT2D eigenvalue weighted by atomic mass is 79.9. The molecule has 2 saturated heterocycles. The zero-order valence-electron chi connectivity index (χ0n) is 16.6. The molecule has 0 aliphatic carbocycles. The summed E-state index contributed by atoms with van der Waals surface area (Å²) in [5.41, 5.74) is -2.13. The molecule has 0 aromatic heterocycles. The van der Waals surface area contributed by atoms with Crippen LogP contribution in [-0.4, -0.2) is 5.90 Å². The van der Waals surface area contributed by atoms with Crippen LogP contribution >= 0.6 is 15.9 Å². The molecule has 1 N–H and O–H groups in total. The summed E-state index contributed by atoms with van der Waals surface area (Å²) in [5.74, 6) is -3.43. The van der Waals surface area contributed by atoms with Crippen LogP contribution in [0.2, 0.25) is 0 Å². The van der Waals surface area contributed by atoms with Crippen molar-refractivity contribution in [2.75, 3.05) is 0 Å². The molecule has 8 heteroatoms. The summed E-state index contributed by atoms with van der Waals surface area (Å²) in [7, 11) is 0. The zero-order chi connectivity index (χ0) is 22.6. The summed E-state index contributed by atoms with van der Waals surface area (Å²) in [5, 5.41) is 39.2. The summed E-state index contributed by atoms with van der Waals surface area (Å²) < 4.78 is 26.3. The van der Waals surface area contributed by atoms with Crippen LogP contribution in [0.25, 0.3) is 0 Å². The number of rotatable bonds is 2. The quantitative estimate of drug-likeness (QED) is 0.651. The molecule has 31 heavy (non-hydrogen) atoms. The molecule has 2 bridgehead atoms. The van der Waals surface area contributed by atoms with Gasteiger partial charge in [-0.2, -0.15) is 15.8 Å². The van der Waals surface area contributed by atoms with Gasteiger partial charge in [0, 0.05) is 5.56 Å². The van der Waals surface area contributed by atoms with Crippen molar-refractivity contribution in [3.8, 4) is 18.2 Å². The maximum Gasteiger partial charge on any atom is 0.244 e. The maximum absolute atomic E-state index is 13.9. The van der Waals surface area contributed by atoms with E-state index in [1.54, 1.807) is 19.1 Å².